The van der Waals surface area contributed by atoms with Gasteiger partial charge in [-0.3, -0.25) is 0 Å². The summed E-state index contributed by atoms with van der Waals surface area (Å²) < 4.78 is 15.3. The van der Waals surface area contributed by atoms with Crippen molar-refractivity contribution in [3.05, 3.63) is 66.1 Å². The molecular weight excluding hydrogens is 376 g/mol. The second-order valence-corrected chi connectivity index (χ2v) is 7.60. The lowest BCUT2D eigenvalue weighted by molar-refractivity contribution is 0.404. The molecule has 0 atom stereocenters. The number of anilines is 1. The Morgan fingerprint density at radius 2 is 1.90 bits per heavy atom. The molecule has 0 spiro atoms. The lowest BCUT2D eigenvalue weighted by atomic mass is 10.0. The van der Waals surface area contributed by atoms with E-state index in [0.29, 0.717) is 6.54 Å². The zero-order valence-electron chi connectivity index (χ0n) is 17.4. The van der Waals surface area contributed by atoms with E-state index in [1.807, 2.05) is 18.2 Å². The number of hydrogen-bond donors (Lipinski definition) is 1. The van der Waals surface area contributed by atoms with Gasteiger partial charge in [-0.1, -0.05) is 30.3 Å². The highest BCUT2D eigenvalue weighted by molar-refractivity contribution is 5.75. The monoisotopic (exact) mass is 402 g/mol. The normalized spacial score (nSPS) is 13.3. The van der Waals surface area contributed by atoms with E-state index in [2.05, 4.69) is 50.9 Å². The molecule has 0 amide bonds. The van der Waals surface area contributed by atoms with Gasteiger partial charge in [0.1, 0.15) is 17.1 Å². The van der Waals surface area contributed by atoms with Gasteiger partial charge in [0.25, 0.3) is 0 Å². The fourth-order valence-corrected chi connectivity index (χ4v) is 4.36. The minimum absolute atomic E-state index is 0.616. The fourth-order valence-electron chi connectivity index (χ4n) is 4.36. The molecule has 6 nitrogen and oxygen atoms in total. The Bertz CT molecular complexity index is 1180. The molecule has 1 N–H and O–H groups in total. The van der Waals surface area contributed by atoms with Gasteiger partial charge in [-0.15, -0.1) is 0 Å². The van der Waals surface area contributed by atoms with Crippen molar-refractivity contribution in [3.8, 4) is 22.6 Å². The zero-order valence-corrected chi connectivity index (χ0v) is 17.4. The van der Waals surface area contributed by atoms with Crippen molar-refractivity contribution in [2.45, 2.75) is 32.4 Å². The molecule has 6 heteroatoms. The van der Waals surface area contributed by atoms with E-state index in [-0.39, 0.29) is 0 Å². The molecule has 1 aliphatic rings. The van der Waals surface area contributed by atoms with Crippen LogP contribution in [0.4, 0.5) is 5.69 Å². The van der Waals surface area contributed by atoms with Gasteiger partial charge in [0.2, 0.25) is 0 Å². The van der Waals surface area contributed by atoms with Gasteiger partial charge in [-0.25, -0.2) is 4.52 Å². The standard InChI is InChI=1S/C24H26N4O2/c1-29-18-11-12-22(30-2)21(14-18)25-15-23-26-28-16-20(17-8-4-3-5-9-17)19-10-6-7-13-27(23)24(19)28/h3-5,8-9,11-12,14,16,25H,6-7,10,13,15H2,1-2H3. The van der Waals surface area contributed by atoms with Gasteiger partial charge in [0.05, 0.1) is 26.5 Å². The molecule has 2 aromatic heterocycles. The lowest BCUT2D eigenvalue weighted by Gasteiger charge is -2.13. The van der Waals surface area contributed by atoms with Crippen molar-refractivity contribution >= 4 is 11.3 Å². The molecule has 0 saturated carbocycles. The van der Waals surface area contributed by atoms with Crippen LogP contribution in [0, 0.1) is 0 Å². The van der Waals surface area contributed by atoms with E-state index < -0.39 is 0 Å². The van der Waals surface area contributed by atoms with Crippen LogP contribution in [-0.4, -0.2) is 28.4 Å². The number of nitrogens with one attached hydrogen (secondary N) is 1. The molecule has 2 aromatic carbocycles. The van der Waals surface area contributed by atoms with Gasteiger partial charge >= 0.3 is 0 Å². The largest absolute Gasteiger partial charge is 0.497 e. The number of aryl methyl sites for hydroxylation is 2. The highest BCUT2D eigenvalue weighted by atomic mass is 16.5. The van der Waals surface area contributed by atoms with Crippen LogP contribution in [0.3, 0.4) is 0 Å². The Balaban J connectivity index is 1.51. The van der Waals surface area contributed by atoms with Gasteiger partial charge in [-0.2, -0.15) is 5.10 Å². The molecule has 0 bridgehead atoms. The van der Waals surface area contributed by atoms with E-state index in [9.17, 15) is 0 Å². The average molecular weight is 402 g/mol. The van der Waals surface area contributed by atoms with Crippen LogP contribution in [0.1, 0.15) is 24.2 Å². The van der Waals surface area contributed by atoms with Crippen LogP contribution in [0.5, 0.6) is 11.5 Å². The smallest absolute Gasteiger partial charge is 0.150 e. The van der Waals surface area contributed by atoms with E-state index in [4.69, 9.17) is 14.6 Å². The molecule has 30 heavy (non-hydrogen) atoms. The highest BCUT2D eigenvalue weighted by Gasteiger charge is 2.22. The number of benzene rings is 2. The summed E-state index contributed by atoms with van der Waals surface area (Å²) in [6.45, 7) is 1.60. The van der Waals surface area contributed by atoms with Crippen LogP contribution in [0.25, 0.3) is 16.8 Å². The maximum atomic E-state index is 5.50. The Kier molecular flexibility index (Phi) is 4.83. The third-order valence-electron chi connectivity index (χ3n) is 5.84. The first-order chi connectivity index (χ1) is 14.8. The minimum Gasteiger partial charge on any atom is -0.497 e. The Morgan fingerprint density at radius 3 is 2.70 bits per heavy atom. The molecule has 3 heterocycles. The lowest BCUT2D eigenvalue weighted by Crippen LogP contribution is -2.09. The van der Waals surface area contributed by atoms with Crippen molar-refractivity contribution in [2.75, 3.05) is 19.5 Å². The quantitative estimate of drug-likeness (QED) is 0.505. The zero-order chi connectivity index (χ0) is 20.5. The third kappa shape index (κ3) is 3.18. The SMILES string of the molecule is COc1ccc(OC)c(NCc2nn3cc(-c4ccccc4)c4c3n2CCCC4)c1. The molecule has 0 fully saturated rings. The molecule has 1 aliphatic heterocycles. The van der Waals surface area contributed by atoms with Crippen molar-refractivity contribution in [3.63, 3.8) is 0 Å². The molecule has 0 unspecified atom stereocenters. The summed E-state index contributed by atoms with van der Waals surface area (Å²) in [6.07, 6.45) is 5.61. The fraction of sp³-hybridized carbons (Fsp3) is 0.292. The topological polar surface area (TPSA) is 52.7 Å². The molecule has 4 aromatic rings. The van der Waals surface area contributed by atoms with E-state index in [0.717, 1.165) is 42.4 Å². The predicted molar refractivity (Wildman–Crippen MR) is 118 cm³/mol. The summed E-state index contributed by atoms with van der Waals surface area (Å²) in [5.41, 5.74) is 6.07. The third-order valence-corrected chi connectivity index (χ3v) is 5.84. The van der Waals surface area contributed by atoms with E-state index in [1.165, 1.54) is 28.8 Å². The van der Waals surface area contributed by atoms with Crippen LogP contribution in [-0.2, 0) is 19.5 Å². The number of rotatable bonds is 6. The van der Waals surface area contributed by atoms with Crippen molar-refractivity contribution in [1.82, 2.24) is 14.2 Å². The second kappa shape index (κ2) is 7.78. The number of methoxy groups -OCH3 is 2. The molecular formula is C24H26N4O2. The van der Waals surface area contributed by atoms with Gasteiger partial charge < -0.3 is 19.4 Å². The van der Waals surface area contributed by atoms with E-state index in [1.54, 1.807) is 14.2 Å². The molecule has 0 radical (unpaired) electrons. The first kappa shape index (κ1) is 18.6. The molecule has 5 rings (SSSR count). The summed E-state index contributed by atoms with van der Waals surface area (Å²) in [7, 11) is 3.35. The summed E-state index contributed by atoms with van der Waals surface area (Å²) in [5.74, 6) is 2.61. The molecule has 154 valence electrons. The Hall–Kier alpha value is -3.41. The van der Waals surface area contributed by atoms with Crippen LogP contribution < -0.4 is 14.8 Å². The van der Waals surface area contributed by atoms with Gasteiger partial charge in [-0.05, 0) is 37.0 Å². The minimum atomic E-state index is 0.616. The summed E-state index contributed by atoms with van der Waals surface area (Å²) in [6, 6.07) is 16.4. The number of ether oxygens (including phenoxy) is 2. The van der Waals surface area contributed by atoms with Gasteiger partial charge in [0.15, 0.2) is 5.82 Å². The highest BCUT2D eigenvalue weighted by Crippen LogP contribution is 2.33. The van der Waals surface area contributed by atoms with E-state index >= 15 is 0 Å². The summed E-state index contributed by atoms with van der Waals surface area (Å²) >= 11 is 0. The predicted octanol–water partition coefficient (Wildman–Crippen LogP) is 4.77. The summed E-state index contributed by atoms with van der Waals surface area (Å²) in [4.78, 5) is 0. The van der Waals surface area contributed by atoms with Crippen LogP contribution in [0.15, 0.2) is 54.7 Å². The van der Waals surface area contributed by atoms with Crippen molar-refractivity contribution < 1.29 is 9.47 Å². The van der Waals surface area contributed by atoms with Crippen LogP contribution >= 0.6 is 0 Å². The Labute approximate surface area is 176 Å². The number of hydrogen-bond acceptors (Lipinski definition) is 4. The average Bonchev–Trinajstić information content (AvgIpc) is 3.21. The van der Waals surface area contributed by atoms with Crippen LogP contribution in [0.2, 0.25) is 0 Å². The van der Waals surface area contributed by atoms with Gasteiger partial charge in [0, 0.05) is 29.9 Å². The number of nitrogens with zero attached hydrogens (tertiary/aromatic N) is 3. The maximum Gasteiger partial charge on any atom is 0.150 e. The first-order valence-corrected chi connectivity index (χ1v) is 10.4. The van der Waals surface area contributed by atoms with Crippen molar-refractivity contribution in [2.24, 2.45) is 0 Å². The second-order valence-electron chi connectivity index (χ2n) is 7.60. The van der Waals surface area contributed by atoms with Crippen molar-refractivity contribution in [1.29, 1.82) is 0 Å². The molecule has 0 saturated heterocycles. The molecule has 0 aliphatic carbocycles. The maximum absolute atomic E-state index is 5.50. The Morgan fingerprint density at radius 1 is 1.03 bits per heavy atom. The number of aromatic nitrogens is 3. The first-order valence-electron chi connectivity index (χ1n) is 10.4. The summed E-state index contributed by atoms with van der Waals surface area (Å²) in [5, 5.41) is 8.42.